The molecule has 0 bridgehead atoms. The molecule has 0 amide bonds. The van der Waals surface area contributed by atoms with Gasteiger partial charge in [-0.3, -0.25) is 0 Å². The highest BCUT2D eigenvalue weighted by atomic mass is 15.1. The van der Waals surface area contributed by atoms with Crippen LogP contribution in [0, 0.1) is 6.92 Å². The van der Waals surface area contributed by atoms with Crippen molar-refractivity contribution < 1.29 is 0 Å². The summed E-state index contributed by atoms with van der Waals surface area (Å²) in [5.41, 5.74) is 24.5. The van der Waals surface area contributed by atoms with E-state index in [0.717, 1.165) is 24.7 Å². The fourth-order valence-corrected chi connectivity index (χ4v) is 12.3. The van der Waals surface area contributed by atoms with E-state index in [0.29, 0.717) is 0 Å². The molecule has 2 saturated carbocycles. The molecule has 0 N–H and O–H groups in total. The van der Waals surface area contributed by atoms with E-state index in [2.05, 4.69) is 171 Å². The van der Waals surface area contributed by atoms with Crippen LogP contribution in [0.25, 0.3) is 44.5 Å². The van der Waals surface area contributed by atoms with Crippen LogP contribution in [-0.4, -0.2) is 0 Å². The Hall–Kier alpha value is -5.66. The van der Waals surface area contributed by atoms with Gasteiger partial charge in [0.25, 0.3) is 0 Å². The molecular weight excluding hydrogens is 759 g/mol. The summed E-state index contributed by atoms with van der Waals surface area (Å²) in [6.45, 7) is 7.15. The second-order valence-electron chi connectivity index (χ2n) is 20.0. The fraction of sp³-hybridized carbons (Fsp3) is 0.323. The summed E-state index contributed by atoms with van der Waals surface area (Å²) in [4.78, 5) is 2.60. The standard InChI is InChI=1S/C62H63N/c1-42-54(49-31-29-46(30-32-49)44-17-8-5-9-18-44)22-14-23-55(42)51-39-50-19-10-11-20-56(50)61(40-51)63(53-37-38-58-57-21-12-13-24-59(57)62(2,3)60(58)41-53)52-35-33-48(34-36-52)47-27-25-45(26-28-47)43-15-6-4-7-16-43/h12-14,21-41,43-44H,4-11,15-20H2,1-3H3. The average molecular weight is 822 g/mol. The van der Waals surface area contributed by atoms with Gasteiger partial charge in [-0.05, 0) is 184 Å². The molecule has 4 aliphatic rings. The van der Waals surface area contributed by atoms with E-state index in [4.69, 9.17) is 0 Å². The number of benzene rings is 7. The van der Waals surface area contributed by atoms with Crippen molar-refractivity contribution in [1.29, 1.82) is 0 Å². The first-order valence-corrected chi connectivity index (χ1v) is 24.5. The summed E-state index contributed by atoms with van der Waals surface area (Å²) < 4.78 is 0. The molecule has 1 nitrogen and oxygen atoms in total. The van der Waals surface area contributed by atoms with Crippen molar-refractivity contribution in [2.24, 2.45) is 0 Å². The van der Waals surface area contributed by atoms with Crippen molar-refractivity contribution in [2.45, 2.75) is 128 Å². The summed E-state index contributed by atoms with van der Waals surface area (Å²) in [6.07, 6.45) is 18.3. The molecule has 0 spiro atoms. The van der Waals surface area contributed by atoms with Crippen LogP contribution in [0.4, 0.5) is 17.1 Å². The third-order valence-corrected chi connectivity index (χ3v) is 15.9. The Morgan fingerprint density at radius 3 is 1.63 bits per heavy atom. The van der Waals surface area contributed by atoms with Crippen LogP contribution in [0.5, 0.6) is 0 Å². The molecule has 0 radical (unpaired) electrons. The number of hydrogen-bond donors (Lipinski definition) is 0. The summed E-state index contributed by atoms with van der Waals surface area (Å²) >= 11 is 0. The molecule has 63 heavy (non-hydrogen) atoms. The first-order valence-electron chi connectivity index (χ1n) is 24.5. The summed E-state index contributed by atoms with van der Waals surface area (Å²) in [5, 5.41) is 0. The first kappa shape index (κ1) is 40.1. The maximum atomic E-state index is 2.60. The lowest BCUT2D eigenvalue weighted by molar-refractivity contribution is 0.443. The van der Waals surface area contributed by atoms with Crippen molar-refractivity contribution in [3.63, 3.8) is 0 Å². The molecule has 0 aromatic heterocycles. The molecular formula is C62H63N. The third-order valence-electron chi connectivity index (χ3n) is 15.9. The number of fused-ring (bicyclic) bond motifs is 4. The quantitative estimate of drug-likeness (QED) is 0.148. The van der Waals surface area contributed by atoms with E-state index in [1.165, 1.54) is 178 Å². The fourth-order valence-electron chi connectivity index (χ4n) is 12.3. The molecule has 2 fully saturated rings. The molecule has 7 aromatic rings. The van der Waals surface area contributed by atoms with E-state index in [9.17, 15) is 0 Å². The van der Waals surface area contributed by atoms with Gasteiger partial charge in [-0.25, -0.2) is 0 Å². The number of rotatable bonds is 8. The van der Waals surface area contributed by atoms with Gasteiger partial charge in [0.2, 0.25) is 0 Å². The van der Waals surface area contributed by atoms with Crippen LogP contribution in [0.2, 0.25) is 0 Å². The Morgan fingerprint density at radius 2 is 0.968 bits per heavy atom. The lowest BCUT2D eigenvalue weighted by Crippen LogP contribution is -2.18. The largest absolute Gasteiger partial charge is 0.310 e. The van der Waals surface area contributed by atoms with Crippen molar-refractivity contribution in [3.8, 4) is 44.5 Å². The Bertz CT molecular complexity index is 2760. The van der Waals surface area contributed by atoms with E-state index in [1.807, 2.05) is 0 Å². The Kier molecular flexibility index (Phi) is 10.7. The normalized spacial score (nSPS) is 17.2. The SMILES string of the molecule is Cc1c(-c2ccc(C3CCCCC3)cc2)cccc1-c1cc2c(c(N(c3ccc(-c4ccc(C5CCCCC5)cc4)cc3)c3ccc4c(c3)C(C)(C)c3ccccc3-4)c1)CCCC2. The van der Waals surface area contributed by atoms with Gasteiger partial charge in [0.15, 0.2) is 0 Å². The van der Waals surface area contributed by atoms with Gasteiger partial charge in [0.05, 0.1) is 5.69 Å². The number of anilines is 3. The van der Waals surface area contributed by atoms with Gasteiger partial charge in [0.1, 0.15) is 0 Å². The van der Waals surface area contributed by atoms with Crippen LogP contribution in [0.15, 0.2) is 146 Å². The molecule has 0 atom stereocenters. The van der Waals surface area contributed by atoms with E-state index >= 15 is 0 Å². The molecule has 0 saturated heterocycles. The number of nitrogens with zero attached hydrogens (tertiary/aromatic N) is 1. The zero-order chi connectivity index (χ0) is 42.5. The molecule has 1 heteroatoms. The summed E-state index contributed by atoms with van der Waals surface area (Å²) in [6, 6.07) is 57.0. The Morgan fingerprint density at radius 1 is 0.429 bits per heavy atom. The average Bonchev–Trinajstić information content (AvgIpc) is 3.57. The minimum atomic E-state index is -0.0886. The van der Waals surface area contributed by atoms with Crippen LogP contribution in [-0.2, 0) is 18.3 Å². The number of hydrogen-bond acceptors (Lipinski definition) is 1. The molecule has 7 aromatic carbocycles. The van der Waals surface area contributed by atoms with Crippen molar-refractivity contribution in [2.75, 3.05) is 4.90 Å². The van der Waals surface area contributed by atoms with Crippen molar-refractivity contribution in [3.05, 3.63) is 185 Å². The zero-order valence-corrected chi connectivity index (χ0v) is 37.9. The highest BCUT2D eigenvalue weighted by Crippen LogP contribution is 2.52. The van der Waals surface area contributed by atoms with Gasteiger partial charge in [0, 0.05) is 16.8 Å². The van der Waals surface area contributed by atoms with Crippen LogP contribution < -0.4 is 4.90 Å². The second kappa shape index (κ2) is 16.8. The smallest absolute Gasteiger partial charge is 0.0502 e. The number of aryl methyl sites for hydroxylation is 1. The van der Waals surface area contributed by atoms with Gasteiger partial charge in [-0.2, -0.15) is 0 Å². The van der Waals surface area contributed by atoms with E-state index in [1.54, 1.807) is 0 Å². The Balaban J connectivity index is 1.02. The van der Waals surface area contributed by atoms with Gasteiger partial charge in [-0.1, -0.05) is 168 Å². The molecule has 4 aliphatic carbocycles. The van der Waals surface area contributed by atoms with Crippen LogP contribution in [0.1, 0.15) is 142 Å². The predicted molar refractivity (Wildman–Crippen MR) is 268 cm³/mol. The lowest BCUT2D eigenvalue weighted by atomic mass is 9.82. The molecule has 11 rings (SSSR count). The minimum absolute atomic E-state index is 0.0886. The maximum Gasteiger partial charge on any atom is 0.0502 e. The highest BCUT2D eigenvalue weighted by molar-refractivity contribution is 5.89. The van der Waals surface area contributed by atoms with Gasteiger partial charge >= 0.3 is 0 Å². The topological polar surface area (TPSA) is 3.24 Å². The monoisotopic (exact) mass is 821 g/mol. The van der Waals surface area contributed by atoms with E-state index < -0.39 is 0 Å². The van der Waals surface area contributed by atoms with Crippen LogP contribution in [0.3, 0.4) is 0 Å². The summed E-state index contributed by atoms with van der Waals surface area (Å²) in [7, 11) is 0. The third kappa shape index (κ3) is 7.46. The molecule has 0 heterocycles. The zero-order valence-electron chi connectivity index (χ0n) is 37.9. The van der Waals surface area contributed by atoms with Gasteiger partial charge < -0.3 is 4.90 Å². The molecule has 0 aliphatic heterocycles. The minimum Gasteiger partial charge on any atom is -0.310 e. The van der Waals surface area contributed by atoms with Crippen LogP contribution >= 0.6 is 0 Å². The summed E-state index contributed by atoms with van der Waals surface area (Å²) in [5.74, 6) is 1.44. The maximum absolute atomic E-state index is 2.60. The molecule has 316 valence electrons. The highest BCUT2D eigenvalue weighted by Gasteiger charge is 2.36. The first-order chi connectivity index (χ1) is 30.9. The Labute approximate surface area is 377 Å². The predicted octanol–water partition coefficient (Wildman–Crippen LogP) is 17.7. The molecule has 0 unspecified atom stereocenters. The van der Waals surface area contributed by atoms with Crippen molar-refractivity contribution in [1.82, 2.24) is 0 Å². The van der Waals surface area contributed by atoms with Gasteiger partial charge in [-0.15, -0.1) is 0 Å². The lowest BCUT2D eigenvalue weighted by Gasteiger charge is -2.32. The van der Waals surface area contributed by atoms with Crippen molar-refractivity contribution >= 4 is 17.1 Å². The van der Waals surface area contributed by atoms with E-state index in [-0.39, 0.29) is 5.41 Å². The second-order valence-corrected chi connectivity index (χ2v) is 20.0.